The maximum Gasteiger partial charge on any atom is 0.257 e. The zero-order chi connectivity index (χ0) is 20.1. The van der Waals surface area contributed by atoms with Gasteiger partial charge in [-0.15, -0.1) is 0 Å². The Morgan fingerprint density at radius 2 is 1.64 bits per heavy atom. The second-order valence-corrected chi connectivity index (χ2v) is 6.19. The maximum absolute atomic E-state index is 12.7. The molecular weight excluding hydrogens is 358 g/mol. The molecule has 2 aromatic carbocycles. The molecule has 7 nitrogen and oxygen atoms in total. The summed E-state index contributed by atoms with van der Waals surface area (Å²) in [5.74, 6) is 0.203. The molecule has 0 radical (unpaired) electrons. The van der Waals surface area contributed by atoms with E-state index in [4.69, 9.17) is 9.47 Å². The summed E-state index contributed by atoms with van der Waals surface area (Å²) < 4.78 is 10.0. The van der Waals surface area contributed by atoms with Crippen LogP contribution in [0, 0.1) is 6.92 Å². The number of rotatable bonds is 6. The second-order valence-electron chi connectivity index (χ2n) is 6.19. The molecule has 144 valence electrons. The SMILES string of the molecule is COCC(=O)Nc1ccc(NC(=O)c2cc3cc(OC)ccc3nc2C)cc1. The Hall–Kier alpha value is -3.45. The Morgan fingerprint density at radius 3 is 2.29 bits per heavy atom. The van der Waals surface area contributed by atoms with Gasteiger partial charge in [-0.25, -0.2) is 0 Å². The largest absolute Gasteiger partial charge is 0.497 e. The normalized spacial score (nSPS) is 10.5. The Bertz CT molecular complexity index is 1020. The minimum absolute atomic E-state index is 0.0164. The first-order chi connectivity index (χ1) is 13.5. The number of methoxy groups -OCH3 is 2. The van der Waals surface area contributed by atoms with Crippen molar-refractivity contribution in [1.29, 1.82) is 0 Å². The van der Waals surface area contributed by atoms with Crippen molar-refractivity contribution >= 4 is 34.1 Å². The van der Waals surface area contributed by atoms with E-state index in [0.29, 0.717) is 28.4 Å². The number of ether oxygens (including phenoxy) is 2. The fraction of sp³-hybridized carbons (Fsp3) is 0.190. The number of aryl methyl sites for hydroxylation is 1. The summed E-state index contributed by atoms with van der Waals surface area (Å²) in [5.41, 5.74) is 3.15. The van der Waals surface area contributed by atoms with Gasteiger partial charge in [0, 0.05) is 23.9 Å². The average molecular weight is 379 g/mol. The number of nitrogens with zero attached hydrogens (tertiary/aromatic N) is 1. The van der Waals surface area contributed by atoms with E-state index >= 15 is 0 Å². The van der Waals surface area contributed by atoms with E-state index in [0.717, 1.165) is 10.9 Å². The average Bonchev–Trinajstić information content (AvgIpc) is 2.68. The van der Waals surface area contributed by atoms with Crippen molar-refractivity contribution in [3.8, 4) is 5.75 Å². The molecule has 0 bridgehead atoms. The lowest BCUT2D eigenvalue weighted by Crippen LogP contribution is -2.17. The van der Waals surface area contributed by atoms with Gasteiger partial charge < -0.3 is 20.1 Å². The van der Waals surface area contributed by atoms with Gasteiger partial charge >= 0.3 is 0 Å². The van der Waals surface area contributed by atoms with Gasteiger partial charge in [0.25, 0.3) is 5.91 Å². The molecule has 28 heavy (non-hydrogen) atoms. The van der Waals surface area contributed by atoms with Gasteiger partial charge in [0.15, 0.2) is 0 Å². The van der Waals surface area contributed by atoms with Gasteiger partial charge in [0.2, 0.25) is 5.91 Å². The van der Waals surface area contributed by atoms with Crippen molar-refractivity contribution < 1.29 is 19.1 Å². The zero-order valence-corrected chi connectivity index (χ0v) is 15.9. The summed E-state index contributed by atoms with van der Waals surface area (Å²) in [7, 11) is 3.05. The van der Waals surface area contributed by atoms with Gasteiger partial charge in [0.05, 0.1) is 23.9 Å². The molecule has 0 aliphatic heterocycles. The van der Waals surface area contributed by atoms with Gasteiger partial charge in [-0.2, -0.15) is 0 Å². The van der Waals surface area contributed by atoms with Gasteiger partial charge in [0.1, 0.15) is 12.4 Å². The lowest BCUT2D eigenvalue weighted by atomic mass is 10.1. The van der Waals surface area contributed by atoms with Crippen molar-refractivity contribution in [3.05, 3.63) is 59.8 Å². The van der Waals surface area contributed by atoms with E-state index in [2.05, 4.69) is 15.6 Å². The molecule has 0 spiro atoms. The number of anilines is 2. The van der Waals surface area contributed by atoms with Crippen LogP contribution in [0.3, 0.4) is 0 Å². The van der Waals surface area contributed by atoms with Crippen molar-refractivity contribution in [2.75, 3.05) is 31.5 Å². The van der Waals surface area contributed by atoms with Crippen LogP contribution in [0.4, 0.5) is 11.4 Å². The van der Waals surface area contributed by atoms with E-state index in [1.54, 1.807) is 44.4 Å². The zero-order valence-electron chi connectivity index (χ0n) is 15.9. The molecule has 2 amide bonds. The monoisotopic (exact) mass is 379 g/mol. The lowest BCUT2D eigenvalue weighted by Gasteiger charge is -2.10. The molecule has 1 heterocycles. The van der Waals surface area contributed by atoms with Crippen LogP contribution >= 0.6 is 0 Å². The molecule has 0 fully saturated rings. The second kappa shape index (κ2) is 8.49. The molecule has 0 aliphatic carbocycles. The minimum Gasteiger partial charge on any atom is -0.497 e. The van der Waals surface area contributed by atoms with Crippen molar-refractivity contribution in [2.45, 2.75) is 6.92 Å². The summed E-state index contributed by atoms with van der Waals surface area (Å²) in [6.45, 7) is 1.78. The highest BCUT2D eigenvalue weighted by Crippen LogP contribution is 2.23. The summed E-state index contributed by atoms with van der Waals surface area (Å²) in [6.07, 6.45) is 0. The molecule has 3 rings (SSSR count). The van der Waals surface area contributed by atoms with Crippen LogP contribution in [-0.4, -0.2) is 37.6 Å². The first kappa shape index (κ1) is 19.3. The van der Waals surface area contributed by atoms with Crippen LogP contribution in [0.1, 0.15) is 16.1 Å². The van der Waals surface area contributed by atoms with Crippen LogP contribution in [0.15, 0.2) is 48.5 Å². The predicted octanol–water partition coefficient (Wildman–Crippen LogP) is 3.39. The number of nitrogens with one attached hydrogen (secondary N) is 2. The van der Waals surface area contributed by atoms with Crippen molar-refractivity contribution in [3.63, 3.8) is 0 Å². The molecule has 1 aromatic heterocycles. The fourth-order valence-electron chi connectivity index (χ4n) is 2.77. The first-order valence-electron chi connectivity index (χ1n) is 8.66. The van der Waals surface area contributed by atoms with Gasteiger partial charge in [-0.3, -0.25) is 14.6 Å². The fourth-order valence-corrected chi connectivity index (χ4v) is 2.77. The van der Waals surface area contributed by atoms with Crippen LogP contribution in [0.2, 0.25) is 0 Å². The topological polar surface area (TPSA) is 89.6 Å². The minimum atomic E-state index is -0.258. The maximum atomic E-state index is 12.7. The third-order valence-corrected chi connectivity index (χ3v) is 4.16. The number of hydrogen-bond donors (Lipinski definition) is 2. The molecule has 7 heteroatoms. The van der Waals surface area contributed by atoms with Crippen LogP contribution < -0.4 is 15.4 Å². The number of benzene rings is 2. The third-order valence-electron chi connectivity index (χ3n) is 4.16. The quantitative estimate of drug-likeness (QED) is 0.685. The molecule has 0 saturated heterocycles. The van der Waals surface area contributed by atoms with E-state index in [1.807, 2.05) is 18.2 Å². The number of pyridine rings is 1. The Morgan fingerprint density at radius 1 is 0.964 bits per heavy atom. The molecule has 0 aliphatic rings. The van der Waals surface area contributed by atoms with Crippen LogP contribution in [-0.2, 0) is 9.53 Å². The molecule has 3 aromatic rings. The van der Waals surface area contributed by atoms with E-state index in [9.17, 15) is 9.59 Å². The summed E-state index contributed by atoms with van der Waals surface area (Å²) in [6, 6.07) is 14.2. The number of carbonyl (C=O) groups excluding carboxylic acids is 2. The number of carbonyl (C=O) groups is 2. The summed E-state index contributed by atoms with van der Waals surface area (Å²) in [5, 5.41) is 6.37. The Labute approximate surface area is 162 Å². The van der Waals surface area contributed by atoms with E-state index < -0.39 is 0 Å². The predicted molar refractivity (Wildman–Crippen MR) is 108 cm³/mol. The number of amides is 2. The Kier molecular flexibility index (Phi) is 5.86. The third kappa shape index (κ3) is 4.44. The van der Waals surface area contributed by atoms with Crippen LogP contribution in [0.25, 0.3) is 10.9 Å². The molecule has 0 unspecified atom stereocenters. The number of aromatic nitrogens is 1. The van der Waals surface area contributed by atoms with Crippen molar-refractivity contribution in [1.82, 2.24) is 4.98 Å². The van der Waals surface area contributed by atoms with Gasteiger partial charge in [-0.05, 0) is 55.5 Å². The van der Waals surface area contributed by atoms with E-state index in [-0.39, 0.29) is 18.4 Å². The van der Waals surface area contributed by atoms with E-state index in [1.165, 1.54) is 7.11 Å². The summed E-state index contributed by atoms with van der Waals surface area (Å²) in [4.78, 5) is 28.7. The molecule has 0 saturated carbocycles. The summed E-state index contributed by atoms with van der Waals surface area (Å²) >= 11 is 0. The molecular formula is C21H21N3O4. The molecule has 2 N–H and O–H groups in total. The van der Waals surface area contributed by atoms with Crippen LogP contribution in [0.5, 0.6) is 5.75 Å². The highest BCUT2D eigenvalue weighted by Gasteiger charge is 2.13. The highest BCUT2D eigenvalue weighted by molar-refractivity contribution is 6.07. The molecule has 0 atom stereocenters. The standard InChI is InChI=1S/C21H21N3O4/c1-13-18(11-14-10-17(28-3)8-9-19(14)22-13)21(26)24-16-6-4-15(5-7-16)23-20(25)12-27-2/h4-11H,12H2,1-3H3,(H,23,25)(H,24,26). The van der Waals surface area contributed by atoms with Crippen molar-refractivity contribution in [2.24, 2.45) is 0 Å². The number of hydrogen-bond acceptors (Lipinski definition) is 5. The van der Waals surface area contributed by atoms with Gasteiger partial charge in [-0.1, -0.05) is 0 Å². The Balaban J connectivity index is 1.77. The lowest BCUT2D eigenvalue weighted by molar-refractivity contribution is -0.119. The highest BCUT2D eigenvalue weighted by atomic mass is 16.5. The smallest absolute Gasteiger partial charge is 0.257 e. The number of fused-ring (bicyclic) bond motifs is 1. The first-order valence-corrected chi connectivity index (χ1v) is 8.66.